The molecule has 2 nitrogen and oxygen atoms in total. The van der Waals surface area contributed by atoms with Crippen LogP contribution in [0.15, 0.2) is 36.7 Å². The van der Waals surface area contributed by atoms with Gasteiger partial charge in [-0.1, -0.05) is 39.0 Å². The fourth-order valence-electron chi connectivity index (χ4n) is 2.66. The normalized spacial score (nSPS) is 23.0. The van der Waals surface area contributed by atoms with Crippen molar-refractivity contribution in [3.8, 4) is 0 Å². The molecule has 0 spiro atoms. The van der Waals surface area contributed by atoms with Gasteiger partial charge in [-0.05, 0) is 24.5 Å². The Bertz CT molecular complexity index is 590. The van der Waals surface area contributed by atoms with E-state index in [0.29, 0.717) is 5.92 Å². The fraction of sp³-hybridized carbons (Fsp3) is 0.400. The maximum absolute atomic E-state index is 4.48. The first-order chi connectivity index (χ1) is 8.10. The van der Waals surface area contributed by atoms with E-state index in [2.05, 4.69) is 54.6 Å². The molecule has 0 fully saturated rings. The highest BCUT2D eigenvalue weighted by atomic mass is 15.1. The summed E-state index contributed by atoms with van der Waals surface area (Å²) in [4.78, 5) is 4.48. The topological polar surface area (TPSA) is 17.8 Å². The average Bonchev–Trinajstić information content (AvgIpc) is 2.82. The Kier molecular flexibility index (Phi) is 2.15. The molecular formula is C15H18N2. The first-order valence-electron chi connectivity index (χ1n) is 6.24. The molecule has 1 unspecified atom stereocenters. The lowest BCUT2D eigenvalue weighted by Crippen LogP contribution is -2.20. The van der Waals surface area contributed by atoms with Gasteiger partial charge in [0, 0.05) is 11.1 Å². The third-order valence-electron chi connectivity index (χ3n) is 4.27. The summed E-state index contributed by atoms with van der Waals surface area (Å²) in [6, 6.07) is 8.32. The van der Waals surface area contributed by atoms with E-state index in [1.165, 1.54) is 11.2 Å². The number of para-hydroxylation sites is 2. The Labute approximate surface area is 102 Å². The summed E-state index contributed by atoms with van der Waals surface area (Å²) in [7, 11) is 0. The van der Waals surface area contributed by atoms with E-state index in [-0.39, 0.29) is 5.41 Å². The molecule has 1 aromatic heterocycles. The second-order valence-electron chi connectivity index (χ2n) is 5.55. The van der Waals surface area contributed by atoms with Gasteiger partial charge >= 0.3 is 0 Å². The predicted molar refractivity (Wildman–Crippen MR) is 71.6 cm³/mol. The number of rotatable bonds is 1. The molecule has 0 amide bonds. The number of imidazole rings is 1. The molecule has 0 N–H and O–H groups in total. The molecule has 0 bridgehead atoms. The summed E-state index contributed by atoms with van der Waals surface area (Å²) in [6.45, 7) is 6.97. The van der Waals surface area contributed by atoms with Crippen molar-refractivity contribution in [2.24, 2.45) is 11.3 Å². The molecule has 3 rings (SSSR count). The molecule has 2 aromatic rings. The van der Waals surface area contributed by atoms with Gasteiger partial charge in [-0.3, -0.25) is 0 Å². The minimum Gasteiger partial charge on any atom is -0.302 e. The van der Waals surface area contributed by atoms with Crippen LogP contribution in [0.3, 0.4) is 0 Å². The largest absolute Gasteiger partial charge is 0.302 e. The Morgan fingerprint density at radius 1 is 1.29 bits per heavy atom. The van der Waals surface area contributed by atoms with Gasteiger partial charge in [-0.25, -0.2) is 4.98 Å². The molecule has 1 atom stereocenters. The summed E-state index contributed by atoms with van der Waals surface area (Å²) in [5.74, 6) is 0.693. The zero-order valence-corrected chi connectivity index (χ0v) is 10.6. The summed E-state index contributed by atoms with van der Waals surface area (Å²) < 4.78 is 2.25. The number of benzene rings is 1. The molecule has 17 heavy (non-hydrogen) atoms. The van der Waals surface area contributed by atoms with Gasteiger partial charge in [-0.15, -0.1) is 0 Å². The monoisotopic (exact) mass is 226 g/mol. The lowest BCUT2D eigenvalue weighted by atomic mass is 9.81. The second kappa shape index (κ2) is 3.46. The Morgan fingerprint density at radius 2 is 2.06 bits per heavy atom. The smallest absolute Gasteiger partial charge is 0.100 e. The van der Waals surface area contributed by atoms with Crippen LogP contribution in [0, 0.1) is 11.3 Å². The quantitative estimate of drug-likeness (QED) is 0.720. The molecular weight excluding hydrogens is 208 g/mol. The third-order valence-corrected chi connectivity index (χ3v) is 4.27. The van der Waals surface area contributed by atoms with Crippen LogP contribution in [0.5, 0.6) is 0 Å². The number of hydrogen-bond acceptors (Lipinski definition) is 1. The van der Waals surface area contributed by atoms with E-state index in [4.69, 9.17) is 0 Å². The molecule has 0 saturated heterocycles. The molecule has 0 saturated carbocycles. The van der Waals surface area contributed by atoms with Crippen LogP contribution in [0.2, 0.25) is 0 Å². The van der Waals surface area contributed by atoms with Crippen LogP contribution in [0.25, 0.3) is 16.7 Å². The van der Waals surface area contributed by atoms with E-state index >= 15 is 0 Å². The number of fused-ring (bicyclic) bond motifs is 1. The number of nitrogens with zero attached hydrogens (tertiary/aromatic N) is 2. The molecule has 88 valence electrons. The van der Waals surface area contributed by atoms with Crippen molar-refractivity contribution in [3.63, 3.8) is 0 Å². The first kappa shape index (κ1) is 10.6. The lowest BCUT2D eigenvalue weighted by Gasteiger charge is -2.28. The molecule has 0 radical (unpaired) electrons. The summed E-state index contributed by atoms with van der Waals surface area (Å²) >= 11 is 0. The molecule has 0 aliphatic heterocycles. The van der Waals surface area contributed by atoms with E-state index in [1.807, 2.05) is 12.4 Å². The van der Waals surface area contributed by atoms with Crippen molar-refractivity contribution in [2.75, 3.05) is 0 Å². The highest BCUT2D eigenvalue weighted by molar-refractivity contribution is 5.80. The van der Waals surface area contributed by atoms with Gasteiger partial charge in [0.2, 0.25) is 0 Å². The maximum atomic E-state index is 4.48. The van der Waals surface area contributed by atoms with Crippen molar-refractivity contribution in [3.05, 3.63) is 36.7 Å². The zero-order valence-electron chi connectivity index (χ0n) is 10.6. The van der Waals surface area contributed by atoms with Crippen molar-refractivity contribution in [1.29, 1.82) is 0 Å². The van der Waals surface area contributed by atoms with Crippen LogP contribution >= 0.6 is 0 Å². The molecule has 1 heterocycles. The van der Waals surface area contributed by atoms with Gasteiger partial charge in [-0.2, -0.15) is 0 Å². The van der Waals surface area contributed by atoms with E-state index in [0.717, 1.165) is 11.9 Å². The molecule has 1 aromatic carbocycles. The lowest BCUT2D eigenvalue weighted by molar-refractivity contribution is 0.339. The van der Waals surface area contributed by atoms with Gasteiger partial charge < -0.3 is 4.57 Å². The maximum Gasteiger partial charge on any atom is 0.100 e. The van der Waals surface area contributed by atoms with Crippen molar-refractivity contribution >= 4 is 16.7 Å². The van der Waals surface area contributed by atoms with Crippen molar-refractivity contribution in [1.82, 2.24) is 9.55 Å². The van der Waals surface area contributed by atoms with E-state index in [9.17, 15) is 0 Å². The van der Waals surface area contributed by atoms with Crippen LogP contribution in [0.1, 0.15) is 27.2 Å². The standard InChI is InChI=1S/C15H18N2/c1-11-8-9-14(15(11,2)3)17-10-16-12-6-4-5-7-13(12)17/h4-7,9-11H,8H2,1-3H3. The van der Waals surface area contributed by atoms with Crippen LogP contribution < -0.4 is 0 Å². The Balaban J connectivity index is 2.17. The number of aromatic nitrogens is 2. The van der Waals surface area contributed by atoms with Crippen molar-refractivity contribution in [2.45, 2.75) is 27.2 Å². The van der Waals surface area contributed by atoms with Gasteiger partial charge in [0.1, 0.15) is 6.33 Å². The zero-order chi connectivity index (χ0) is 12.0. The molecule has 1 aliphatic carbocycles. The minimum absolute atomic E-state index is 0.226. The predicted octanol–water partition coefficient (Wildman–Crippen LogP) is 3.94. The molecule has 2 heteroatoms. The second-order valence-corrected chi connectivity index (χ2v) is 5.55. The minimum atomic E-state index is 0.226. The number of hydrogen-bond donors (Lipinski definition) is 0. The average molecular weight is 226 g/mol. The van der Waals surface area contributed by atoms with Gasteiger partial charge in [0.15, 0.2) is 0 Å². The molecule has 1 aliphatic rings. The first-order valence-corrected chi connectivity index (χ1v) is 6.24. The number of allylic oxidation sites excluding steroid dienone is 2. The Morgan fingerprint density at radius 3 is 2.76 bits per heavy atom. The summed E-state index contributed by atoms with van der Waals surface area (Å²) in [6.07, 6.45) is 5.48. The highest BCUT2D eigenvalue weighted by Crippen LogP contribution is 2.46. The van der Waals surface area contributed by atoms with Crippen LogP contribution in [0.4, 0.5) is 0 Å². The van der Waals surface area contributed by atoms with Crippen molar-refractivity contribution < 1.29 is 0 Å². The van der Waals surface area contributed by atoms with E-state index in [1.54, 1.807) is 0 Å². The van der Waals surface area contributed by atoms with Crippen LogP contribution in [-0.2, 0) is 0 Å². The SMILES string of the molecule is CC1CC=C(n2cnc3ccccc32)C1(C)C. The highest BCUT2D eigenvalue weighted by Gasteiger charge is 2.35. The fourth-order valence-corrected chi connectivity index (χ4v) is 2.66. The van der Waals surface area contributed by atoms with Gasteiger partial charge in [0.05, 0.1) is 11.0 Å². The third kappa shape index (κ3) is 1.43. The Hall–Kier alpha value is -1.57. The summed E-state index contributed by atoms with van der Waals surface area (Å²) in [5, 5.41) is 0. The summed E-state index contributed by atoms with van der Waals surface area (Å²) in [5.41, 5.74) is 3.90. The van der Waals surface area contributed by atoms with Crippen LogP contribution in [-0.4, -0.2) is 9.55 Å². The van der Waals surface area contributed by atoms with E-state index < -0.39 is 0 Å². The van der Waals surface area contributed by atoms with Gasteiger partial charge in [0.25, 0.3) is 0 Å².